The Labute approximate surface area is 114 Å². The third-order valence-corrected chi connectivity index (χ3v) is 6.86. The first-order valence-corrected chi connectivity index (χ1v) is 8.08. The van der Waals surface area contributed by atoms with Crippen LogP contribution in [-0.2, 0) is 14.8 Å². The predicted octanol–water partition coefficient (Wildman–Crippen LogP) is 1.89. The van der Waals surface area contributed by atoms with E-state index in [9.17, 15) is 13.2 Å². The fourth-order valence-corrected chi connectivity index (χ4v) is 5.21. The van der Waals surface area contributed by atoms with Crippen molar-refractivity contribution in [3.63, 3.8) is 0 Å². The molecule has 18 heavy (non-hydrogen) atoms. The average Bonchev–Trinajstić information content (AvgIpc) is 2.76. The van der Waals surface area contributed by atoms with E-state index in [0.717, 1.165) is 11.3 Å². The molecular weight excluding hydrogens is 298 g/mol. The molecule has 0 aliphatic carbocycles. The lowest BCUT2D eigenvalue weighted by atomic mass is 9.99. The quantitative estimate of drug-likeness (QED) is 0.925. The van der Waals surface area contributed by atoms with E-state index in [-0.39, 0.29) is 22.3 Å². The molecule has 0 spiro atoms. The van der Waals surface area contributed by atoms with Gasteiger partial charge < -0.3 is 5.11 Å². The summed E-state index contributed by atoms with van der Waals surface area (Å²) in [6.07, 6.45) is 0.690. The lowest BCUT2D eigenvalue weighted by molar-refractivity contribution is -0.142. The number of hydrogen-bond acceptors (Lipinski definition) is 4. The minimum absolute atomic E-state index is 0.137. The molecule has 2 rings (SSSR count). The van der Waals surface area contributed by atoms with Gasteiger partial charge in [-0.25, -0.2) is 8.42 Å². The van der Waals surface area contributed by atoms with E-state index >= 15 is 0 Å². The van der Waals surface area contributed by atoms with Crippen molar-refractivity contribution in [2.45, 2.75) is 17.1 Å². The molecule has 100 valence electrons. The highest BCUT2D eigenvalue weighted by atomic mass is 35.5. The zero-order valence-corrected chi connectivity index (χ0v) is 11.8. The van der Waals surface area contributed by atoms with Crippen molar-refractivity contribution in [3.8, 4) is 0 Å². The molecule has 5 nitrogen and oxygen atoms in total. The summed E-state index contributed by atoms with van der Waals surface area (Å²) in [6.45, 7) is 0.459. The van der Waals surface area contributed by atoms with Crippen LogP contribution in [0.3, 0.4) is 0 Å². The molecule has 1 saturated heterocycles. The van der Waals surface area contributed by atoms with Crippen LogP contribution in [0.15, 0.2) is 15.7 Å². The second kappa shape index (κ2) is 5.16. The van der Waals surface area contributed by atoms with Gasteiger partial charge in [-0.15, -0.1) is 11.3 Å². The standard InChI is InChI=1S/C10H12ClNO4S2/c11-8-3-6-17-10(8)18(15,16)12-4-1-7(2-5-12)9(13)14/h3,6-7H,1-2,4-5H2,(H,13,14). The van der Waals surface area contributed by atoms with Crippen molar-refractivity contribution in [2.75, 3.05) is 13.1 Å². The van der Waals surface area contributed by atoms with Crippen molar-refractivity contribution in [1.29, 1.82) is 0 Å². The summed E-state index contributed by atoms with van der Waals surface area (Å²) in [4.78, 5) is 10.8. The molecular formula is C10H12ClNO4S2. The zero-order valence-electron chi connectivity index (χ0n) is 9.37. The lowest BCUT2D eigenvalue weighted by Crippen LogP contribution is -2.40. The van der Waals surface area contributed by atoms with Crippen LogP contribution in [-0.4, -0.2) is 36.9 Å². The first-order chi connectivity index (χ1) is 8.43. The normalized spacial score (nSPS) is 18.9. The minimum Gasteiger partial charge on any atom is -0.481 e. The second-order valence-corrected chi connectivity index (χ2v) is 7.53. The Balaban J connectivity index is 2.15. The number of piperidine rings is 1. The SMILES string of the molecule is O=C(O)C1CCN(S(=O)(=O)c2sccc2Cl)CC1. The molecule has 1 fully saturated rings. The Morgan fingerprint density at radius 3 is 2.50 bits per heavy atom. The van der Waals surface area contributed by atoms with Gasteiger partial charge in [-0.2, -0.15) is 4.31 Å². The Kier molecular flexibility index (Phi) is 3.96. The summed E-state index contributed by atoms with van der Waals surface area (Å²) >= 11 is 6.91. The van der Waals surface area contributed by atoms with Crippen molar-refractivity contribution < 1.29 is 18.3 Å². The number of rotatable bonds is 3. The van der Waals surface area contributed by atoms with Gasteiger partial charge in [0.25, 0.3) is 10.0 Å². The second-order valence-electron chi connectivity index (χ2n) is 4.07. The molecule has 1 aromatic heterocycles. The monoisotopic (exact) mass is 309 g/mol. The molecule has 0 saturated carbocycles. The summed E-state index contributed by atoms with van der Waals surface area (Å²) in [5.41, 5.74) is 0. The number of halogens is 1. The van der Waals surface area contributed by atoms with Crippen LogP contribution in [0.1, 0.15) is 12.8 Å². The smallest absolute Gasteiger partial charge is 0.306 e. The maximum atomic E-state index is 12.3. The zero-order chi connectivity index (χ0) is 13.3. The van der Waals surface area contributed by atoms with Crippen LogP contribution < -0.4 is 0 Å². The van der Waals surface area contributed by atoms with Crippen molar-refractivity contribution in [2.24, 2.45) is 5.92 Å². The maximum absolute atomic E-state index is 12.3. The van der Waals surface area contributed by atoms with Gasteiger partial charge in [-0.05, 0) is 24.3 Å². The summed E-state index contributed by atoms with van der Waals surface area (Å²) < 4.78 is 25.9. The third kappa shape index (κ3) is 2.54. The molecule has 0 aromatic carbocycles. The largest absolute Gasteiger partial charge is 0.481 e. The number of aliphatic carboxylic acids is 1. The molecule has 0 unspecified atom stereocenters. The number of sulfonamides is 1. The highest BCUT2D eigenvalue weighted by Gasteiger charge is 2.33. The third-order valence-electron chi connectivity index (χ3n) is 2.96. The average molecular weight is 310 g/mol. The molecule has 2 heterocycles. The number of hydrogen-bond donors (Lipinski definition) is 1. The van der Waals surface area contributed by atoms with Crippen molar-refractivity contribution >= 4 is 38.9 Å². The van der Waals surface area contributed by atoms with Gasteiger partial charge in [0, 0.05) is 13.1 Å². The number of carboxylic acid groups (broad SMARTS) is 1. The summed E-state index contributed by atoms with van der Waals surface area (Å²) in [5, 5.41) is 10.7. The Bertz CT molecular complexity index is 546. The lowest BCUT2D eigenvalue weighted by Gasteiger charge is -2.28. The molecule has 0 atom stereocenters. The Hall–Kier alpha value is -0.630. The van der Waals surface area contributed by atoms with Crippen LogP contribution in [0.4, 0.5) is 0 Å². The molecule has 0 amide bonds. The van der Waals surface area contributed by atoms with Crippen LogP contribution >= 0.6 is 22.9 Å². The summed E-state index contributed by atoms with van der Waals surface area (Å²) in [6, 6.07) is 1.54. The maximum Gasteiger partial charge on any atom is 0.306 e. The van der Waals surface area contributed by atoms with E-state index in [1.165, 1.54) is 4.31 Å². The molecule has 0 radical (unpaired) electrons. The number of thiophene rings is 1. The first-order valence-electron chi connectivity index (χ1n) is 5.39. The Morgan fingerprint density at radius 2 is 2.06 bits per heavy atom. The fourth-order valence-electron chi connectivity index (χ4n) is 1.92. The highest BCUT2D eigenvalue weighted by molar-refractivity contribution is 7.91. The minimum atomic E-state index is -3.57. The topological polar surface area (TPSA) is 74.7 Å². The molecule has 8 heteroatoms. The van der Waals surface area contributed by atoms with Gasteiger partial charge in [-0.3, -0.25) is 4.79 Å². The summed E-state index contributed by atoms with van der Waals surface area (Å²) in [7, 11) is -3.57. The van der Waals surface area contributed by atoms with Crippen molar-refractivity contribution in [1.82, 2.24) is 4.31 Å². The Morgan fingerprint density at radius 1 is 1.44 bits per heavy atom. The van der Waals surface area contributed by atoms with Crippen LogP contribution in [0.5, 0.6) is 0 Å². The van der Waals surface area contributed by atoms with E-state index < -0.39 is 21.9 Å². The molecule has 1 aliphatic heterocycles. The molecule has 1 N–H and O–H groups in total. The van der Waals surface area contributed by atoms with E-state index in [4.69, 9.17) is 16.7 Å². The van der Waals surface area contributed by atoms with E-state index in [1.54, 1.807) is 11.4 Å². The van der Waals surface area contributed by atoms with E-state index in [1.807, 2.05) is 0 Å². The first kappa shape index (κ1) is 13.8. The fraction of sp³-hybridized carbons (Fsp3) is 0.500. The molecule has 1 aliphatic rings. The van der Waals surface area contributed by atoms with E-state index in [2.05, 4.69) is 0 Å². The summed E-state index contributed by atoms with van der Waals surface area (Å²) in [5.74, 6) is -1.31. The van der Waals surface area contributed by atoms with Crippen LogP contribution in [0, 0.1) is 5.92 Å². The van der Waals surface area contributed by atoms with Gasteiger partial charge in [0.1, 0.15) is 0 Å². The van der Waals surface area contributed by atoms with E-state index in [0.29, 0.717) is 12.8 Å². The number of carboxylic acids is 1. The highest BCUT2D eigenvalue weighted by Crippen LogP contribution is 2.32. The van der Waals surface area contributed by atoms with Gasteiger partial charge in [0.05, 0.1) is 10.9 Å². The van der Waals surface area contributed by atoms with Gasteiger partial charge in [0.2, 0.25) is 0 Å². The molecule has 0 bridgehead atoms. The number of nitrogens with zero attached hydrogens (tertiary/aromatic N) is 1. The predicted molar refractivity (Wildman–Crippen MR) is 68.4 cm³/mol. The van der Waals surface area contributed by atoms with Crippen LogP contribution in [0.2, 0.25) is 5.02 Å². The van der Waals surface area contributed by atoms with Crippen LogP contribution in [0.25, 0.3) is 0 Å². The number of carbonyl (C=O) groups is 1. The van der Waals surface area contributed by atoms with Gasteiger partial charge in [0.15, 0.2) is 4.21 Å². The van der Waals surface area contributed by atoms with Gasteiger partial charge >= 0.3 is 5.97 Å². The van der Waals surface area contributed by atoms with Crippen molar-refractivity contribution in [3.05, 3.63) is 16.5 Å². The van der Waals surface area contributed by atoms with Gasteiger partial charge in [-0.1, -0.05) is 11.6 Å². The molecule has 1 aromatic rings.